The van der Waals surface area contributed by atoms with E-state index in [1.54, 1.807) is 60.7 Å². The van der Waals surface area contributed by atoms with Gasteiger partial charge in [-0.1, -0.05) is 54.6 Å². The summed E-state index contributed by atoms with van der Waals surface area (Å²) in [4.78, 5) is 41.7. The van der Waals surface area contributed by atoms with Crippen molar-refractivity contribution < 1.29 is 63.0 Å². The molecule has 0 aliphatic heterocycles. The number of aliphatic hydroxyl groups excluding tert-OH is 2. The van der Waals surface area contributed by atoms with Crippen LogP contribution in [0.1, 0.15) is 53.8 Å². The molecule has 6 N–H and O–H groups in total. The number of allylic oxidation sites excluding steroid dienone is 2. The first kappa shape index (κ1) is 37.5. The third-order valence-electron chi connectivity index (χ3n) is 5.20. The van der Waals surface area contributed by atoms with Gasteiger partial charge in [0.05, 0.1) is 35.2 Å². The number of carboxylic acid groups (broad SMARTS) is 4. The fourth-order valence-corrected chi connectivity index (χ4v) is 3.09. The van der Waals surface area contributed by atoms with Gasteiger partial charge in [-0.05, 0) is 51.0 Å². The molecule has 0 amide bonds. The molecule has 10 nitrogen and oxygen atoms in total. The molecule has 0 bridgehead atoms. The van der Waals surface area contributed by atoms with Crippen molar-refractivity contribution in [2.75, 3.05) is 0 Å². The van der Waals surface area contributed by atoms with E-state index in [0.29, 0.717) is 11.1 Å². The van der Waals surface area contributed by atoms with Crippen LogP contribution in [0.3, 0.4) is 0 Å². The van der Waals surface area contributed by atoms with Crippen LogP contribution in [-0.2, 0) is 9.59 Å². The van der Waals surface area contributed by atoms with Crippen molar-refractivity contribution in [3.05, 3.63) is 95.6 Å². The molecule has 2 aromatic carbocycles. The summed E-state index contributed by atoms with van der Waals surface area (Å²) in [6.45, 7) is 2.83. The highest BCUT2D eigenvalue weighted by atomic mass is 19.4. The minimum Gasteiger partial charge on any atom is -0.481 e. The number of aromatic carboxylic acids is 2. The molecule has 0 fully saturated rings. The predicted molar refractivity (Wildman–Crippen MR) is 145 cm³/mol. The highest BCUT2D eigenvalue weighted by molar-refractivity contribution is 5.90. The summed E-state index contributed by atoms with van der Waals surface area (Å²) >= 11 is 0. The van der Waals surface area contributed by atoms with E-state index in [2.05, 4.69) is 0 Å². The number of carbonyl (C=O) groups is 4. The third kappa shape index (κ3) is 16.6. The van der Waals surface area contributed by atoms with E-state index in [4.69, 9.17) is 30.6 Å². The van der Waals surface area contributed by atoms with Crippen molar-refractivity contribution in [3.8, 4) is 0 Å². The van der Waals surface area contributed by atoms with Gasteiger partial charge in [0.15, 0.2) is 0 Å². The highest BCUT2D eigenvalue weighted by Crippen LogP contribution is 2.31. The molecule has 0 radical (unpaired) electrons. The maximum absolute atomic E-state index is 11.5. The molecule has 0 saturated heterocycles. The summed E-state index contributed by atoms with van der Waals surface area (Å²) < 4.78 is 34.5. The Morgan fingerprint density at radius 1 is 0.810 bits per heavy atom. The van der Waals surface area contributed by atoms with Crippen LogP contribution in [0.4, 0.5) is 13.2 Å². The van der Waals surface area contributed by atoms with Crippen LogP contribution in [0, 0.1) is 5.41 Å². The van der Waals surface area contributed by atoms with Gasteiger partial charge in [-0.25, -0.2) is 14.4 Å². The molecule has 42 heavy (non-hydrogen) atoms. The molecule has 13 heteroatoms. The number of aliphatic carboxylic acids is 2. The lowest BCUT2D eigenvalue weighted by Crippen LogP contribution is -2.28. The lowest BCUT2D eigenvalue weighted by atomic mass is 9.80. The topological polar surface area (TPSA) is 190 Å². The summed E-state index contributed by atoms with van der Waals surface area (Å²) in [5.74, 6) is -3.82. The van der Waals surface area contributed by atoms with E-state index >= 15 is 0 Å². The first-order valence-electron chi connectivity index (χ1n) is 12.2. The second-order valence-corrected chi connectivity index (χ2v) is 9.16. The largest absolute Gasteiger partial charge is 0.481 e. The lowest BCUT2D eigenvalue weighted by Gasteiger charge is -2.23. The van der Waals surface area contributed by atoms with Crippen molar-refractivity contribution in [1.29, 1.82) is 0 Å². The zero-order chi connectivity index (χ0) is 32.5. The molecule has 0 saturated carbocycles. The maximum Gasteiger partial charge on any atom is 0.391 e. The van der Waals surface area contributed by atoms with Crippen molar-refractivity contribution >= 4 is 23.9 Å². The number of hydrogen-bond donors (Lipinski definition) is 6. The Kier molecular flexibility index (Phi) is 16.1. The average Bonchev–Trinajstić information content (AvgIpc) is 2.89. The molecule has 2 aromatic rings. The van der Waals surface area contributed by atoms with Crippen LogP contribution in [0.2, 0.25) is 0 Å². The zero-order valence-corrected chi connectivity index (χ0v) is 22.7. The summed E-state index contributed by atoms with van der Waals surface area (Å²) in [7, 11) is 0. The first-order valence-corrected chi connectivity index (χ1v) is 12.2. The Morgan fingerprint density at radius 2 is 1.24 bits per heavy atom. The smallest absolute Gasteiger partial charge is 0.391 e. The van der Waals surface area contributed by atoms with Crippen LogP contribution < -0.4 is 0 Å². The van der Waals surface area contributed by atoms with Crippen molar-refractivity contribution in [2.24, 2.45) is 5.41 Å². The predicted octanol–water partition coefficient (Wildman–Crippen LogP) is 4.89. The van der Waals surface area contributed by atoms with Gasteiger partial charge >= 0.3 is 30.1 Å². The van der Waals surface area contributed by atoms with Gasteiger partial charge in [0.1, 0.15) is 0 Å². The summed E-state index contributed by atoms with van der Waals surface area (Å²) in [5.41, 5.74) is -0.287. The van der Waals surface area contributed by atoms with Gasteiger partial charge in [-0.2, -0.15) is 13.2 Å². The van der Waals surface area contributed by atoms with Gasteiger partial charge in [0, 0.05) is 5.57 Å². The summed E-state index contributed by atoms with van der Waals surface area (Å²) in [6.07, 6.45) is -3.79. The van der Waals surface area contributed by atoms with Crippen molar-refractivity contribution in [3.63, 3.8) is 0 Å². The molecular formula is C29H33F3O10. The fourth-order valence-electron chi connectivity index (χ4n) is 3.09. The van der Waals surface area contributed by atoms with Gasteiger partial charge in [-0.15, -0.1) is 0 Å². The van der Waals surface area contributed by atoms with Crippen molar-refractivity contribution in [1.82, 2.24) is 0 Å². The molecule has 0 spiro atoms. The monoisotopic (exact) mass is 598 g/mol. The SMILES string of the molecule is CC(O)CC(O)CC(F)(F)F.CC1(C(=O)O)C=CC=C(C(=O)O)C1.O=C(O)c1ccccc1.O=C(O)c1ccccc1. The zero-order valence-electron chi connectivity index (χ0n) is 22.7. The summed E-state index contributed by atoms with van der Waals surface area (Å²) in [6, 6.07) is 16.6. The molecule has 3 atom stereocenters. The quantitative estimate of drug-likeness (QED) is 0.256. The van der Waals surface area contributed by atoms with Crippen molar-refractivity contribution in [2.45, 2.75) is 51.5 Å². The Labute approximate surface area is 239 Å². The van der Waals surface area contributed by atoms with Crippen LogP contribution in [0.5, 0.6) is 0 Å². The lowest BCUT2D eigenvalue weighted by molar-refractivity contribution is -0.156. The fraction of sp³-hybridized carbons (Fsp3) is 0.310. The number of carboxylic acids is 4. The second-order valence-electron chi connectivity index (χ2n) is 9.16. The number of rotatable bonds is 7. The van der Waals surface area contributed by atoms with Gasteiger partial charge in [-0.3, -0.25) is 4.79 Å². The minimum absolute atomic E-state index is 0.0359. The number of benzene rings is 2. The summed E-state index contributed by atoms with van der Waals surface area (Å²) in [5, 5.41) is 51.5. The standard InChI is InChI=1S/C9H10O4.2C7H6O2.C6H11F3O2/c1-9(8(12)13)4-2-3-6(5-9)7(10)11;2*8-7(9)6-4-2-1-3-5-6;1-4(10)2-5(11)3-6(7,8)9/h2-4H,5H2,1H3,(H,10,11)(H,12,13);2*1-5H,(H,8,9);4-5,10-11H,2-3H2,1H3. The van der Waals surface area contributed by atoms with E-state index in [1.807, 2.05) is 0 Å². The molecule has 1 aliphatic rings. The van der Waals surface area contributed by atoms with E-state index in [1.165, 1.54) is 32.1 Å². The van der Waals surface area contributed by atoms with Gasteiger partial charge < -0.3 is 30.6 Å². The average molecular weight is 599 g/mol. The number of aliphatic hydroxyl groups is 2. The first-order chi connectivity index (χ1) is 19.4. The molecular weight excluding hydrogens is 565 g/mol. The molecule has 230 valence electrons. The van der Waals surface area contributed by atoms with Gasteiger partial charge in [0.25, 0.3) is 0 Å². The Balaban J connectivity index is 0.000000540. The van der Waals surface area contributed by atoms with E-state index < -0.39 is 54.1 Å². The molecule has 0 aromatic heterocycles. The third-order valence-corrected chi connectivity index (χ3v) is 5.20. The van der Waals surface area contributed by atoms with Crippen LogP contribution in [0.15, 0.2) is 84.5 Å². The second kappa shape index (κ2) is 18.0. The molecule has 1 aliphatic carbocycles. The Hall–Kier alpha value is -4.49. The maximum atomic E-state index is 11.5. The van der Waals surface area contributed by atoms with E-state index in [9.17, 15) is 32.3 Å². The Morgan fingerprint density at radius 3 is 1.52 bits per heavy atom. The van der Waals surface area contributed by atoms with Crippen LogP contribution in [-0.4, -0.2) is 72.9 Å². The number of halogens is 3. The van der Waals surface area contributed by atoms with Crippen LogP contribution >= 0.6 is 0 Å². The van der Waals surface area contributed by atoms with E-state index in [-0.39, 0.29) is 18.4 Å². The molecule has 3 rings (SSSR count). The molecule has 0 heterocycles. The Bertz CT molecular complexity index is 1160. The van der Waals surface area contributed by atoms with Crippen LogP contribution in [0.25, 0.3) is 0 Å². The normalized spacial score (nSPS) is 16.8. The number of alkyl halides is 3. The highest BCUT2D eigenvalue weighted by Gasteiger charge is 2.34. The minimum atomic E-state index is -4.35. The molecule has 3 unspecified atom stereocenters. The van der Waals surface area contributed by atoms with E-state index in [0.717, 1.165) is 0 Å². The number of hydrogen-bond acceptors (Lipinski definition) is 6. The van der Waals surface area contributed by atoms with Gasteiger partial charge in [0.2, 0.25) is 0 Å².